The Balaban J connectivity index is 1.86. The second kappa shape index (κ2) is 6.58. The van der Waals surface area contributed by atoms with Gasteiger partial charge in [0.2, 0.25) is 5.91 Å². The van der Waals surface area contributed by atoms with Crippen LogP contribution >= 0.6 is 23.4 Å². The lowest BCUT2D eigenvalue weighted by Gasteiger charge is -2.14. The number of carbonyl (C=O) groups excluding carboxylic acids is 1. The Morgan fingerprint density at radius 2 is 2.05 bits per heavy atom. The van der Waals surface area contributed by atoms with Gasteiger partial charge in [-0.05, 0) is 37.1 Å². The topological polar surface area (TPSA) is 63.2 Å². The van der Waals surface area contributed by atoms with E-state index in [0.29, 0.717) is 0 Å². The van der Waals surface area contributed by atoms with Crippen molar-refractivity contribution < 1.29 is 13.2 Å². The van der Waals surface area contributed by atoms with Crippen LogP contribution in [0.3, 0.4) is 0 Å². The minimum atomic E-state index is -3.12. The maximum atomic E-state index is 11.9. The molecule has 1 fully saturated rings. The van der Waals surface area contributed by atoms with Gasteiger partial charge in [0.25, 0.3) is 0 Å². The van der Waals surface area contributed by atoms with Crippen LogP contribution in [-0.4, -0.2) is 43.0 Å². The molecule has 0 saturated carbocycles. The molecule has 1 aromatic rings. The average molecular weight is 348 g/mol. The summed E-state index contributed by atoms with van der Waals surface area (Å²) in [4.78, 5) is 12.9. The van der Waals surface area contributed by atoms with Crippen LogP contribution in [0.15, 0.2) is 23.1 Å². The van der Waals surface area contributed by atoms with Gasteiger partial charge in [-0.3, -0.25) is 4.79 Å². The molecule has 0 unspecified atom stereocenters. The van der Waals surface area contributed by atoms with Crippen molar-refractivity contribution in [2.75, 3.05) is 17.3 Å². The van der Waals surface area contributed by atoms with Crippen molar-refractivity contribution in [3.8, 4) is 0 Å². The fourth-order valence-corrected chi connectivity index (χ4v) is 5.49. The number of amides is 1. The van der Waals surface area contributed by atoms with Crippen LogP contribution in [0.1, 0.15) is 11.1 Å². The first-order chi connectivity index (χ1) is 9.77. The van der Waals surface area contributed by atoms with E-state index in [-0.39, 0.29) is 23.2 Å². The van der Waals surface area contributed by atoms with Gasteiger partial charge in [0, 0.05) is 4.90 Å². The van der Waals surface area contributed by atoms with Gasteiger partial charge in [-0.2, -0.15) is 0 Å². The lowest BCUT2D eigenvalue weighted by molar-refractivity contribution is -0.119. The maximum absolute atomic E-state index is 11.9. The van der Waals surface area contributed by atoms with Gasteiger partial charge in [-0.15, -0.1) is 23.4 Å². The SMILES string of the molecule is Cc1ccc(SCC(=O)N[C@H]2CS(=O)(=O)C[C@@H]2Cl)cc1C. The number of alkyl halides is 1. The van der Waals surface area contributed by atoms with Crippen LogP contribution in [0.4, 0.5) is 0 Å². The molecular weight excluding hydrogens is 330 g/mol. The predicted molar refractivity (Wildman–Crippen MR) is 86.9 cm³/mol. The second-order valence-corrected chi connectivity index (χ2v) is 9.06. The Kier molecular flexibility index (Phi) is 5.22. The summed E-state index contributed by atoms with van der Waals surface area (Å²) >= 11 is 7.39. The van der Waals surface area contributed by atoms with Crippen molar-refractivity contribution >= 4 is 39.1 Å². The second-order valence-electron chi connectivity index (χ2n) is 5.30. The maximum Gasteiger partial charge on any atom is 0.230 e. The number of carbonyl (C=O) groups is 1. The van der Waals surface area contributed by atoms with Crippen LogP contribution in [0.5, 0.6) is 0 Å². The van der Waals surface area contributed by atoms with Gasteiger partial charge in [-0.1, -0.05) is 6.07 Å². The summed E-state index contributed by atoms with van der Waals surface area (Å²) in [5, 5.41) is 2.17. The molecule has 1 heterocycles. The summed E-state index contributed by atoms with van der Waals surface area (Å²) in [5.74, 6) is -0.0702. The summed E-state index contributed by atoms with van der Waals surface area (Å²) in [5.41, 5.74) is 2.40. The molecule has 1 amide bonds. The quantitative estimate of drug-likeness (QED) is 0.667. The van der Waals surface area contributed by atoms with Gasteiger partial charge < -0.3 is 5.32 Å². The largest absolute Gasteiger partial charge is 0.350 e. The molecule has 1 N–H and O–H groups in total. The lowest BCUT2D eigenvalue weighted by Crippen LogP contribution is -2.41. The zero-order valence-corrected chi connectivity index (χ0v) is 14.3. The van der Waals surface area contributed by atoms with E-state index in [1.807, 2.05) is 32.0 Å². The first-order valence-electron chi connectivity index (χ1n) is 6.61. The highest BCUT2D eigenvalue weighted by atomic mass is 35.5. The minimum Gasteiger partial charge on any atom is -0.350 e. The van der Waals surface area contributed by atoms with E-state index in [9.17, 15) is 13.2 Å². The fourth-order valence-electron chi connectivity index (χ4n) is 2.14. The van der Waals surface area contributed by atoms with E-state index >= 15 is 0 Å². The third kappa shape index (κ3) is 4.63. The van der Waals surface area contributed by atoms with Crippen LogP contribution in [0.25, 0.3) is 0 Å². The van der Waals surface area contributed by atoms with Gasteiger partial charge in [-0.25, -0.2) is 8.42 Å². The minimum absolute atomic E-state index is 0.0657. The Morgan fingerprint density at radius 3 is 2.62 bits per heavy atom. The van der Waals surface area contributed by atoms with Crippen molar-refractivity contribution in [1.29, 1.82) is 0 Å². The zero-order chi connectivity index (χ0) is 15.6. The van der Waals surface area contributed by atoms with E-state index in [1.54, 1.807) is 0 Å². The molecule has 4 nitrogen and oxygen atoms in total. The fraction of sp³-hybridized carbons (Fsp3) is 0.500. The van der Waals surface area contributed by atoms with Crippen molar-refractivity contribution in [3.05, 3.63) is 29.3 Å². The van der Waals surface area contributed by atoms with Crippen LogP contribution in [-0.2, 0) is 14.6 Å². The predicted octanol–water partition coefficient (Wildman–Crippen LogP) is 1.92. The number of rotatable bonds is 4. The van der Waals surface area contributed by atoms with Crippen LogP contribution < -0.4 is 5.32 Å². The van der Waals surface area contributed by atoms with Gasteiger partial charge in [0.15, 0.2) is 9.84 Å². The first kappa shape index (κ1) is 16.6. The lowest BCUT2D eigenvalue weighted by atomic mass is 10.1. The van der Waals surface area contributed by atoms with Crippen molar-refractivity contribution in [1.82, 2.24) is 5.32 Å². The smallest absolute Gasteiger partial charge is 0.230 e. The molecule has 2 atom stereocenters. The third-order valence-electron chi connectivity index (χ3n) is 3.48. The number of benzene rings is 1. The molecule has 21 heavy (non-hydrogen) atoms. The Hall–Kier alpha value is -0.720. The van der Waals surface area contributed by atoms with E-state index in [1.165, 1.54) is 22.9 Å². The molecule has 0 spiro atoms. The van der Waals surface area contributed by atoms with E-state index in [4.69, 9.17) is 11.6 Å². The van der Waals surface area contributed by atoms with Crippen molar-refractivity contribution in [2.45, 2.75) is 30.2 Å². The molecule has 1 aliphatic heterocycles. The Morgan fingerprint density at radius 1 is 1.33 bits per heavy atom. The third-order valence-corrected chi connectivity index (χ3v) is 6.85. The number of thioether (sulfide) groups is 1. The Bertz CT molecular complexity index is 646. The molecule has 0 bridgehead atoms. The highest BCUT2D eigenvalue weighted by molar-refractivity contribution is 8.00. The number of hydrogen-bond acceptors (Lipinski definition) is 4. The summed E-state index contributed by atoms with van der Waals surface area (Å²) in [6.45, 7) is 4.07. The molecule has 7 heteroatoms. The van der Waals surface area contributed by atoms with E-state index in [0.717, 1.165) is 4.90 Å². The van der Waals surface area contributed by atoms with Crippen LogP contribution in [0.2, 0.25) is 0 Å². The summed E-state index contributed by atoms with van der Waals surface area (Å²) in [7, 11) is -3.12. The zero-order valence-electron chi connectivity index (χ0n) is 11.9. The number of hydrogen-bond donors (Lipinski definition) is 1. The van der Waals surface area contributed by atoms with E-state index < -0.39 is 21.3 Å². The molecule has 0 radical (unpaired) electrons. The van der Waals surface area contributed by atoms with Gasteiger partial charge >= 0.3 is 0 Å². The molecule has 2 rings (SSSR count). The van der Waals surface area contributed by atoms with Gasteiger partial charge in [0.1, 0.15) is 0 Å². The summed E-state index contributed by atoms with van der Waals surface area (Å²) in [6, 6.07) is 5.56. The Labute approximate surface area is 134 Å². The van der Waals surface area contributed by atoms with Crippen molar-refractivity contribution in [3.63, 3.8) is 0 Å². The highest BCUT2D eigenvalue weighted by Crippen LogP contribution is 2.22. The number of halogens is 1. The molecule has 1 saturated heterocycles. The first-order valence-corrected chi connectivity index (χ1v) is 9.85. The standard InChI is InChI=1S/C14H18ClNO3S2/c1-9-3-4-11(5-10(9)2)20-6-14(17)16-13-8-21(18,19)7-12(13)15/h3-5,12-13H,6-8H2,1-2H3,(H,16,17)/t12-,13-/m0/s1. The average Bonchev–Trinajstić information content (AvgIpc) is 2.64. The molecule has 1 aliphatic rings. The normalized spacial score (nSPS) is 24.0. The van der Waals surface area contributed by atoms with Gasteiger partial charge in [0.05, 0.1) is 28.7 Å². The molecule has 1 aromatic carbocycles. The van der Waals surface area contributed by atoms with Crippen molar-refractivity contribution in [2.24, 2.45) is 0 Å². The highest BCUT2D eigenvalue weighted by Gasteiger charge is 2.37. The van der Waals surface area contributed by atoms with E-state index in [2.05, 4.69) is 5.32 Å². The number of sulfone groups is 1. The summed E-state index contributed by atoms with van der Waals surface area (Å²) < 4.78 is 22.9. The number of aryl methyl sites for hydroxylation is 2. The van der Waals surface area contributed by atoms with Crippen LogP contribution in [0, 0.1) is 13.8 Å². The summed E-state index contributed by atoms with van der Waals surface area (Å²) in [6.07, 6.45) is 0. The molecular formula is C14H18ClNO3S2. The molecule has 116 valence electrons. The number of nitrogens with one attached hydrogen (secondary N) is 1. The molecule has 0 aliphatic carbocycles. The molecule has 0 aromatic heterocycles. The monoisotopic (exact) mass is 347 g/mol.